The number of carbonyl (C=O) groups is 1. The number of ether oxygens (including phenoxy) is 1. The molecule has 0 spiro atoms. The first-order valence-electron chi connectivity index (χ1n) is 14.3. The lowest BCUT2D eigenvalue weighted by Crippen LogP contribution is -2.68. The van der Waals surface area contributed by atoms with E-state index in [1.807, 2.05) is 91.0 Å². The van der Waals surface area contributed by atoms with Crippen molar-refractivity contribution in [2.24, 2.45) is 0 Å². The average Bonchev–Trinajstić information content (AvgIpc) is 3.03. The molecule has 0 radical (unpaired) electrons. The Balaban J connectivity index is 1.79. The molecule has 1 unspecified atom stereocenters. The van der Waals surface area contributed by atoms with Crippen LogP contribution in [0.4, 0.5) is 0 Å². The lowest BCUT2D eigenvalue weighted by Gasteiger charge is -2.45. The second-order valence-corrected chi connectivity index (χ2v) is 17.9. The molecule has 0 aliphatic carbocycles. The predicted molar refractivity (Wildman–Crippen MR) is 177 cm³/mol. The summed E-state index contributed by atoms with van der Waals surface area (Å²) in [6.07, 6.45) is -0.927. The molecule has 222 valence electrons. The van der Waals surface area contributed by atoms with Crippen molar-refractivity contribution in [2.45, 2.75) is 38.3 Å². The van der Waals surface area contributed by atoms with Crippen molar-refractivity contribution in [3.05, 3.63) is 121 Å². The van der Waals surface area contributed by atoms with Crippen molar-refractivity contribution >= 4 is 32.0 Å². The number of hydrogen-bond acceptors (Lipinski definition) is 5. The van der Waals surface area contributed by atoms with Crippen molar-refractivity contribution in [1.29, 1.82) is 0 Å². The topological polar surface area (TPSA) is 61.8 Å². The van der Waals surface area contributed by atoms with E-state index in [0.717, 1.165) is 27.1 Å². The lowest BCUT2D eigenvalue weighted by atomic mass is 10.0. The Morgan fingerprint density at radius 2 is 1.30 bits per heavy atom. The number of hydrogen-bond donors (Lipinski definition) is 0. The maximum Gasteiger partial charge on any atom is 0.308 e. The summed E-state index contributed by atoms with van der Waals surface area (Å²) in [6, 6.07) is 38.0. The minimum absolute atomic E-state index is 0.0659. The van der Waals surface area contributed by atoms with Crippen LogP contribution in [0, 0.1) is 11.6 Å². The Bertz CT molecular complexity index is 1570. The number of esters is 1. The van der Waals surface area contributed by atoms with Gasteiger partial charge in [-0.1, -0.05) is 136 Å². The van der Waals surface area contributed by atoms with E-state index in [1.54, 1.807) is 0 Å². The van der Waals surface area contributed by atoms with Gasteiger partial charge in [-0.25, -0.2) is 0 Å². The summed E-state index contributed by atoms with van der Waals surface area (Å²) >= 11 is 0. The molecule has 2 atom stereocenters. The molecule has 4 rings (SSSR count). The van der Waals surface area contributed by atoms with Gasteiger partial charge in [-0.2, -0.15) is 0 Å². The molecule has 0 heterocycles. The zero-order valence-corrected chi connectivity index (χ0v) is 27.3. The number of methoxy groups -OCH3 is 1. The first-order chi connectivity index (χ1) is 20.6. The van der Waals surface area contributed by atoms with Crippen molar-refractivity contribution in [1.82, 2.24) is 0 Å². The Labute approximate surface area is 256 Å². The molecule has 4 aromatic rings. The fourth-order valence-electron chi connectivity index (χ4n) is 5.39. The van der Waals surface area contributed by atoms with Crippen LogP contribution in [0.3, 0.4) is 0 Å². The quantitative estimate of drug-likeness (QED) is 0.0830. The molecule has 43 heavy (non-hydrogen) atoms. The molecule has 0 saturated heterocycles. The standard InChI is InChI=1S/C36H39O5PSi/c1-36(2,3)43(32-20-11-7-12-21-32,33-22-13-8-14-23-33)41-31(27-35(37)39-4)28-42(38,40-5)26-25-30-19-15-16-24-34(30)29-17-9-6-10-18-29/h6-24,31H,27-28H2,1-5H3/t31-,42?/m0/s1. The Morgan fingerprint density at radius 3 is 1.81 bits per heavy atom. The van der Waals surface area contributed by atoms with E-state index in [-0.39, 0.29) is 17.6 Å². The summed E-state index contributed by atoms with van der Waals surface area (Å²) in [5.41, 5.74) is 5.65. The lowest BCUT2D eigenvalue weighted by molar-refractivity contribution is -0.142. The second kappa shape index (κ2) is 14.2. The van der Waals surface area contributed by atoms with E-state index in [2.05, 4.69) is 56.6 Å². The van der Waals surface area contributed by atoms with Gasteiger partial charge in [0.05, 0.1) is 25.8 Å². The largest absolute Gasteiger partial charge is 0.469 e. The highest BCUT2D eigenvalue weighted by Gasteiger charge is 2.52. The number of benzene rings is 4. The monoisotopic (exact) mass is 610 g/mol. The molecule has 0 aromatic heterocycles. The SMILES string of the molecule is COC(=O)C[C@@H](CP(=O)(C#Cc1ccccc1-c1ccccc1)OC)O[Si](c1ccccc1)(c1ccccc1)C(C)(C)C. The third kappa shape index (κ3) is 7.63. The fourth-order valence-corrected chi connectivity index (χ4v) is 11.6. The molecule has 0 saturated carbocycles. The van der Waals surface area contributed by atoms with E-state index in [4.69, 9.17) is 13.7 Å². The van der Waals surface area contributed by atoms with Gasteiger partial charge in [-0.05, 0) is 38.3 Å². The summed E-state index contributed by atoms with van der Waals surface area (Å²) in [5.74, 6) is 2.68. The van der Waals surface area contributed by atoms with Gasteiger partial charge < -0.3 is 13.7 Å². The molecule has 0 N–H and O–H groups in total. The van der Waals surface area contributed by atoms with E-state index in [0.29, 0.717) is 0 Å². The summed E-state index contributed by atoms with van der Waals surface area (Å²) in [4.78, 5) is 12.7. The fraction of sp³-hybridized carbons (Fsp3) is 0.250. The van der Waals surface area contributed by atoms with E-state index in [9.17, 15) is 9.36 Å². The molecular formula is C36H39O5PSi. The second-order valence-electron chi connectivity index (χ2n) is 11.4. The summed E-state index contributed by atoms with van der Waals surface area (Å²) < 4.78 is 32.2. The Kier molecular flexibility index (Phi) is 10.6. The van der Waals surface area contributed by atoms with Gasteiger partial charge in [-0.15, -0.1) is 0 Å². The highest BCUT2D eigenvalue weighted by molar-refractivity contribution is 7.64. The molecule has 0 aliphatic heterocycles. The van der Waals surface area contributed by atoms with Gasteiger partial charge in [-0.3, -0.25) is 9.36 Å². The van der Waals surface area contributed by atoms with Crippen LogP contribution in [0.1, 0.15) is 32.8 Å². The third-order valence-electron chi connectivity index (χ3n) is 7.49. The minimum Gasteiger partial charge on any atom is -0.469 e. The van der Waals surface area contributed by atoms with Gasteiger partial charge in [0.2, 0.25) is 0 Å². The summed E-state index contributed by atoms with van der Waals surface area (Å²) in [5, 5.41) is 1.76. The normalized spacial score (nSPS) is 13.7. The van der Waals surface area contributed by atoms with Crippen LogP contribution in [0.2, 0.25) is 5.04 Å². The molecule has 7 heteroatoms. The van der Waals surface area contributed by atoms with Crippen molar-refractivity contribution in [3.63, 3.8) is 0 Å². The molecule has 0 bridgehead atoms. The smallest absolute Gasteiger partial charge is 0.308 e. The molecule has 0 amide bonds. The molecule has 5 nitrogen and oxygen atoms in total. The number of carbonyl (C=O) groups excluding carboxylic acids is 1. The molecule has 0 aliphatic rings. The Morgan fingerprint density at radius 1 is 0.791 bits per heavy atom. The zero-order chi connectivity index (χ0) is 30.9. The first kappa shape index (κ1) is 32.2. The zero-order valence-electron chi connectivity index (χ0n) is 25.4. The van der Waals surface area contributed by atoms with Crippen LogP contribution in [0.25, 0.3) is 11.1 Å². The highest BCUT2D eigenvalue weighted by atomic mass is 31.2. The van der Waals surface area contributed by atoms with Crippen LogP contribution < -0.4 is 10.4 Å². The molecule has 4 aromatic carbocycles. The van der Waals surface area contributed by atoms with E-state index in [1.165, 1.54) is 14.2 Å². The van der Waals surface area contributed by atoms with Gasteiger partial charge in [0.15, 0.2) is 0 Å². The summed E-state index contributed by atoms with van der Waals surface area (Å²) in [6.45, 7) is 6.47. The predicted octanol–water partition coefficient (Wildman–Crippen LogP) is 7.10. The van der Waals surface area contributed by atoms with Gasteiger partial charge in [0.25, 0.3) is 15.7 Å². The van der Waals surface area contributed by atoms with E-state index >= 15 is 0 Å². The van der Waals surface area contributed by atoms with Crippen LogP contribution in [-0.2, 0) is 23.0 Å². The van der Waals surface area contributed by atoms with Crippen molar-refractivity contribution in [2.75, 3.05) is 20.4 Å². The van der Waals surface area contributed by atoms with Gasteiger partial charge in [0.1, 0.15) is 0 Å². The summed E-state index contributed by atoms with van der Waals surface area (Å²) in [7, 11) is -3.93. The maximum absolute atomic E-state index is 14.3. The van der Waals surface area contributed by atoms with Crippen LogP contribution in [-0.4, -0.2) is 40.8 Å². The van der Waals surface area contributed by atoms with Crippen molar-refractivity contribution in [3.8, 4) is 22.7 Å². The maximum atomic E-state index is 14.3. The van der Waals surface area contributed by atoms with Crippen LogP contribution in [0.5, 0.6) is 0 Å². The highest BCUT2D eigenvalue weighted by Crippen LogP contribution is 2.48. The van der Waals surface area contributed by atoms with E-state index < -0.39 is 27.8 Å². The average molecular weight is 611 g/mol. The van der Waals surface area contributed by atoms with Crippen molar-refractivity contribution < 1.29 is 23.0 Å². The molecule has 0 fully saturated rings. The van der Waals surface area contributed by atoms with Gasteiger partial charge in [0, 0.05) is 12.7 Å². The molecular weight excluding hydrogens is 571 g/mol. The minimum atomic E-state index is -3.59. The first-order valence-corrected chi connectivity index (χ1v) is 18.0. The van der Waals surface area contributed by atoms with Gasteiger partial charge >= 0.3 is 5.97 Å². The third-order valence-corrected chi connectivity index (χ3v) is 14.5. The Hall–Kier alpha value is -3.72. The van der Waals surface area contributed by atoms with Crippen LogP contribution in [0.15, 0.2) is 115 Å². The number of rotatable bonds is 10. The van der Waals surface area contributed by atoms with Crippen LogP contribution >= 0.6 is 7.37 Å².